The molecule has 2 aromatic rings. The molecule has 1 amide bonds. The Morgan fingerprint density at radius 2 is 2.00 bits per heavy atom. The fraction of sp³-hybridized carbons (Fsp3) is 0.0714. The average molecular weight is 237 g/mol. The molecule has 1 aromatic carbocycles. The summed E-state index contributed by atoms with van der Waals surface area (Å²) in [5.41, 5.74) is 2.54. The molecule has 0 fully saturated rings. The third-order valence-corrected chi connectivity index (χ3v) is 2.37. The van der Waals surface area contributed by atoms with Crippen molar-refractivity contribution >= 4 is 11.6 Å². The second kappa shape index (κ2) is 5.60. The summed E-state index contributed by atoms with van der Waals surface area (Å²) in [5, 5.41) is 11.0. The largest absolute Gasteiger partial charge is 0.325 e. The minimum atomic E-state index is -0.303. The smallest absolute Gasteiger partial charge is 0.238 e. The second-order valence-electron chi connectivity index (χ2n) is 3.68. The molecule has 4 heteroatoms. The van der Waals surface area contributed by atoms with E-state index in [4.69, 9.17) is 5.26 Å². The monoisotopic (exact) mass is 237 g/mol. The van der Waals surface area contributed by atoms with Crippen LogP contribution in [0.4, 0.5) is 5.69 Å². The zero-order valence-electron chi connectivity index (χ0n) is 9.63. The Morgan fingerprint density at radius 1 is 1.22 bits per heavy atom. The van der Waals surface area contributed by atoms with E-state index in [9.17, 15) is 4.79 Å². The molecule has 88 valence electrons. The quantitative estimate of drug-likeness (QED) is 0.892. The standard InChI is InChI=1S/C14H11N3O/c15-9-8-14(18)17-12-6-4-11(5-7-12)13-3-1-2-10-16-13/h1-7,10H,8H2,(H,17,18). The highest BCUT2D eigenvalue weighted by Gasteiger charge is 2.02. The molecule has 0 aliphatic rings. The van der Waals surface area contributed by atoms with E-state index in [1.807, 2.05) is 30.3 Å². The van der Waals surface area contributed by atoms with Crippen LogP contribution in [0.2, 0.25) is 0 Å². The first kappa shape index (κ1) is 11.8. The highest BCUT2D eigenvalue weighted by Crippen LogP contribution is 2.18. The van der Waals surface area contributed by atoms with Gasteiger partial charge in [0, 0.05) is 17.4 Å². The van der Waals surface area contributed by atoms with Crippen molar-refractivity contribution in [1.82, 2.24) is 4.98 Å². The van der Waals surface area contributed by atoms with Crippen LogP contribution in [0.3, 0.4) is 0 Å². The molecular weight excluding hydrogens is 226 g/mol. The third-order valence-electron chi connectivity index (χ3n) is 2.37. The minimum absolute atomic E-state index is 0.137. The fourth-order valence-electron chi connectivity index (χ4n) is 1.53. The van der Waals surface area contributed by atoms with E-state index < -0.39 is 0 Å². The molecule has 0 bridgehead atoms. The topological polar surface area (TPSA) is 65.8 Å². The van der Waals surface area contributed by atoms with Crippen molar-refractivity contribution in [2.75, 3.05) is 5.32 Å². The number of aromatic nitrogens is 1. The third kappa shape index (κ3) is 2.92. The van der Waals surface area contributed by atoms with Crippen LogP contribution in [0.25, 0.3) is 11.3 Å². The van der Waals surface area contributed by atoms with Gasteiger partial charge in [-0.3, -0.25) is 9.78 Å². The number of nitrogens with one attached hydrogen (secondary N) is 1. The van der Waals surface area contributed by atoms with E-state index in [0.29, 0.717) is 5.69 Å². The van der Waals surface area contributed by atoms with Crippen molar-refractivity contribution in [3.05, 3.63) is 48.7 Å². The van der Waals surface area contributed by atoms with Crippen LogP contribution < -0.4 is 5.32 Å². The number of benzene rings is 1. The molecule has 1 aromatic heterocycles. The predicted octanol–water partition coefficient (Wildman–Crippen LogP) is 2.60. The lowest BCUT2D eigenvalue weighted by atomic mass is 10.1. The van der Waals surface area contributed by atoms with Crippen LogP contribution in [-0.4, -0.2) is 10.9 Å². The van der Waals surface area contributed by atoms with Crippen LogP contribution in [0, 0.1) is 11.3 Å². The van der Waals surface area contributed by atoms with Crippen molar-refractivity contribution in [1.29, 1.82) is 5.26 Å². The van der Waals surface area contributed by atoms with Gasteiger partial charge >= 0.3 is 0 Å². The van der Waals surface area contributed by atoms with Gasteiger partial charge in [0.1, 0.15) is 6.42 Å². The van der Waals surface area contributed by atoms with Crippen LogP contribution in [0.15, 0.2) is 48.7 Å². The molecule has 0 saturated heterocycles. The molecule has 0 aliphatic carbocycles. The highest BCUT2D eigenvalue weighted by atomic mass is 16.1. The Balaban J connectivity index is 2.11. The lowest BCUT2D eigenvalue weighted by Gasteiger charge is -2.04. The maximum Gasteiger partial charge on any atom is 0.238 e. The van der Waals surface area contributed by atoms with E-state index >= 15 is 0 Å². The summed E-state index contributed by atoms with van der Waals surface area (Å²) in [6.45, 7) is 0. The Bertz CT molecular complexity index is 570. The molecule has 0 saturated carbocycles. The van der Waals surface area contributed by atoms with Crippen LogP contribution in [-0.2, 0) is 4.79 Å². The molecule has 18 heavy (non-hydrogen) atoms. The van der Waals surface area contributed by atoms with Gasteiger partial charge in [0.15, 0.2) is 0 Å². The number of hydrogen-bond acceptors (Lipinski definition) is 3. The van der Waals surface area contributed by atoms with E-state index in [-0.39, 0.29) is 12.3 Å². The van der Waals surface area contributed by atoms with Crippen LogP contribution >= 0.6 is 0 Å². The average Bonchev–Trinajstić information content (AvgIpc) is 2.41. The highest BCUT2D eigenvalue weighted by molar-refractivity contribution is 5.92. The lowest BCUT2D eigenvalue weighted by molar-refractivity contribution is -0.115. The van der Waals surface area contributed by atoms with Gasteiger partial charge in [-0.25, -0.2) is 0 Å². The number of anilines is 1. The van der Waals surface area contributed by atoms with E-state index in [2.05, 4.69) is 10.3 Å². The number of nitriles is 1. The number of nitrogens with zero attached hydrogens (tertiary/aromatic N) is 2. The molecule has 4 nitrogen and oxygen atoms in total. The summed E-state index contributed by atoms with van der Waals surface area (Å²) in [4.78, 5) is 15.5. The van der Waals surface area contributed by atoms with Gasteiger partial charge in [-0.05, 0) is 24.3 Å². The molecule has 0 unspecified atom stereocenters. The van der Waals surface area contributed by atoms with Crippen LogP contribution in [0.5, 0.6) is 0 Å². The first-order chi connectivity index (χ1) is 8.79. The summed E-state index contributed by atoms with van der Waals surface area (Å²) in [7, 11) is 0. The maximum absolute atomic E-state index is 11.2. The number of pyridine rings is 1. The summed E-state index contributed by atoms with van der Waals surface area (Å²) in [6.07, 6.45) is 1.60. The molecule has 1 heterocycles. The maximum atomic E-state index is 11.2. The Labute approximate surface area is 105 Å². The molecule has 0 spiro atoms. The number of carbonyl (C=O) groups excluding carboxylic acids is 1. The van der Waals surface area contributed by atoms with E-state index in [0.717, 1.165) is 11.3 Å². The molecule has 0 radical (unpaired) electrons. The van der Waals surface area contributed by atoms with Gasteiger partial charge < -0.3 is 5.32 Å². The van der Waals surface area contributed by atoms with Gasteiger partial charge in [-0.15, -0.1) is 0 Å². The van der Waals surface area contributed by atoms with Crippen molar-refractivity contribution in [2.45, 2.75) is 6.42 Å². The molecule has 2 rings (SSSR count). The Morgan fingerprint density at radius 3 is 2.61 bits per heavy atom. The summed E-state index contributed by atoms with van der Waals surface area (Å²) >= 11 is 0. The van der Waals surface area contributed by atoms with Crippen molar-refractivity contribution in [3.8, 4) is 17.3 Å². The zero-order valence-corrected chi connectivity index (χ0v) is 9.63. The van der Waals surface area contributed by atoms with Gasteiger partial charge in [0.25, 0.3) is 0 Å². The normalized spacial score (nSPS) is 9.50. The van der Waals surface area contributed by atoms with E-state index in [1.165, 1.54) is 0 Å². The van der Waals surface area contributed by atoms with Crippen molar-refractivity contribution < 1.29 is 4.79 Å². The molecule has 0 aliphatic heterocycles. The second-order valence-corrected chi connectivity index (χ2v) is 3.68. The van der Waals surface area contributed by atoms with Crippen molar-refractivity contribution in [3.63, 3.8) is 0 Å². The minimum Gasteiger partial charge on any atom is -0.325 e. The molecule has 1 N–H and O–H groups in total. The first-order valence-corrected chi connectivity index (χ1v) is 5.48. The fourth-order valence-corrected chi connectivity index (χ4v) is 1.53. The SMILES string of the molecule is N#CCC(=O)Nc1ccc(-c2ccccn2)cc1. The summed E-state index contributed by atoms with van der Waals surface area (Å²) in [6, 6.07) is 14.8. The molecular formula is C14H11N3O. The predicted molar refractivity (Wildman–Crippen MR) is 68.5 cm³/mol. The summed E-state index contributed by atoms with van der Waals surface area (Å²) in [5.74, 6) is -0.303. The van der Waals surface area contributed by atoms with Crippen molar-refractivity contribution in [2.24, 2.45) is 0 Å². The summed E-state index contributed by atoms with van der Waals surface area (Å²) < 4.78 is 0. The Kier molecular flexibility index (Phi) is 3.67. The lowest BCUT2D eigenvalue weighted by Crippen LogP contribution is -2.09. The van der Waals surface area contributed by atoms with Gasteiger partial charge in [-0.1, -0.05) is 18.2 Å². The van der Waals surface area contributed by atoms with Gasteiger partial charge in [0.05, 0.1) is 11.8 Å². The van der Waals surface area contributed by atoms with E-state index in [1.54, 1.807) is 24.4 Å². The Hall–Kier alpha value is -2.67. The number of rotatable bonds is 3. The molecule has 0 atom stereocenters. The van der Waals surface area contributed by atoms with Gasteiger partial charge in [0.2, 0.25) is 5.91 Å². The number of hydrogen-bond donors (Lipinski definition) is 1. The number of amides is 1. The zero-order chi connectivity index (χ0) is 12.8. The first-order valence-electron chi connectivity index (χ1n) is 5.48. The van der Waals surface area contributed by atoms with Crippen LogP contribution in [0.1, 0.15) is 6.42 Å². The number of carbonyl (C=O) groups is 1. The van der Waals surface area contributed by atoms with Gasteiger partial charge in [-0.2, -0.15) is 5.26 Å².